The van der Waals surface area contributed by atoms with Crippen LogP contribution in [0.3, 0.4) is 0 Å². The summed E-state index contributed by atoms with van der Waals surface area (Å²) in [6, 6.07) is 15.3. The number of hydrogen-bond acceptors (Lipinski definition) is 3. The third kappa shape index (κ3) is 5.28. The van der Waals surface area contributed by atoms with E-state index in [-0.39, 0.29) is 30.3 Å². The zero-order chi connectivity index (χ0) is 24.9. The molecule has 2 amide bonds. The van der Waals surface area contributed by atoms with E-state index in [2.05, 4.69) is 10.3 Å². The maximum absolute atomic E-state index is 14.1. The average molecular weight is 488 g/mol. The number of ether oxygens (including phenoxy) is 1. The Morgan fingerprint density at radius 3 is 2.53 bits per heavy atom. The minimum Gasteiger partial charge on any atom is -0.497 e. The van der Waals surface area contributed by atoms with Crippen LogP contribution in [0.4, 0.5) is 0 Å². The number of carbonyl (C=O) groups excluding carboxylic acids is 2. The van der Waals surface area contributed by atoms with E-state index in [4.69, 9.17) is 4.74 Å². The first kappa shape index (κ1) is 24.4. The number of hydrogen-bond donors (Lipinski definition) is 2. The molecule has 2 fully saturated rings. The molecule has 6 nitrogen and oxygen atoms in total. The molecule has 0 saturated heterocycles. The largest absolute Gasteiger partial charge is 0.497 e. The molecule has 1 heterocycles. The van der Waals surface area contributed by atoms with Crippen LogP contribution in [0.5, 0.6) is 5.75 Å². The van der Waals surface area contributed by atoms with Crippen LogP contribution in [0.2, 0.25) is 0 Å². The van der Waals surface area contributed by atoms with Crippen molar-refractivity contribution in [2.75, 3.05) is 7.11 Å². The Labute approximate surface area is 213 Å². The first-order chi connectivity index (χ1) is 17.6. The van der Waals surface area contributed by atoms with E-state index >= 15 is 0 Å². The second-order valence-corrected chi connectivity index (χ2v) is 10.3. The number of aromatic amines is 1. The average Bonchev–Trinajstić information content (AvgIpc) is 3.58. The molecule has 0 unspecified atom stereocenters. The van der Waals surface area contributed by atoms with Gasteiger partial charge < -0.3 is 19.9 Å². The Balaban J connectivity index is 1.50. The quantitative estimate of drug-likeness (QED) is 0.429. The maximum Gasteiger partial charge on any atom is 0.247 e. The molecular formula is C30H37N3O3. The zero-order valence-corrected chi connectivity index (χ0v) is 21.2. The van der Waals surface area contributed by atoms with Crippen molar-refractivity contribution in [1.82, 2.24) is 15.2 Å². The van der Waals surface area contributed by atoms with Crippen molar-refractivity contribution in [2.45, 2.75) is 82.3 Å². The summed E-state index contributed by atoms with van der Waals surface area (Å²) in [5.74, 6) is 0.617. The van der Waals surface area contributed by atoms with Crippen LogP contribution in [0.15, 0.2) is 54.7 Å². The molecule has 2 saturated carbocycles. The van der Waals surface area contributed by atoms with Gasteiger partial charge in [-0.2, -0.15) is 0 Å². The Hall–Kier alpha value is -3.28. The van der Waals surface area contributed by atoms with Gasteiger partial charge in [-0.15, -0.1) is 0 Å². The van der Waals surface area contributed by atoms with Crippen molar-refractivity contribution in [3.05, 3.63) is 65.9 Å². The van der Waals surface area contributed by atoms with Crippen LogP contribution < -0.4 is 10.1 Å². The molecule has 2 aliphatic rings. The van der Waals surface area contributed by atoms with Crippen LogP contribution in [0, 0.1) is 0 Å². The SMILES string of the molecule is COc1cccc([C@H](C(=O)NC2CCCCC2)N(C(=O)Cc2c[nH]c3ccccc23)C2CCCC2)c1. The molecule has 5 rings (SSSR count). The van der Waals surface area contributed by atoms with Gasteiger partial charge in [0.25, 0.3) is 0 Å². The number of nitrogens with zero attached hydrogens (tertiary/aromatic N) is 1. The van der Waals surface area contributed by atoms with Crippen molar-refractivity contribution >= 4 is 22.7 Å². The fraction of sp³-hybridized carbons (Fsp3) is 0.467. The summed E-state index contributed by atoms with van der Waals surface area (Å²) in [6.45, 7) is 0. The number of amides is 2. The van der Waals surface area contributed by atoms with E-state index in [1.807, 2.05) is 59.6 Å². The third-order valence-electron chi connectivity index (χ3n) is 7.91. The van der Waals surface area contributed by atoms with Crippen LogP contribution in [0.25, 0.3) is 10.9 Å². The van der Waals surface area contributed by atoms with E-state index in [1.165, 1.54) is 6.42 Å². The van der Waals surface area contributed by atoms with Gasteiger partial charge in [0.1, 0.15) is 11.8 Å². The topological polar surface area (TPSA) is 74.4 Å². The molecule has 1 atom stereocenters. The van der Waals surface area contributed by atoms with Crippen LogP contribution >= 0.6 is 0 Å². The number of methoxy groups -OCH3 is 1. The van der Waals surface area contributed by atoms with Crippen molar-refractivity contribution < 1.29 is 14.3 Å². The second kappa shape index (κ2) is 11.2. The summed E-state index contributed by atoms with van der Waals surface area (Å²) in [5.41, 5.74) is 2.80. The van der Waals surface area contributed by atoms with Gasteiger partial charge in [-0.25, -0.2) is 0 Å². The van der Waals surface area contributed by atoms with Crippen molar-refractivity contribution in [2.24, 2.45) is 0 Å². The summed E-state index contributed by atoms with van der Waals surface area (Å²) in [5, 5.41) is 4.38. The Kier molecular flexibility index (Phi) is 7.59. The monoisotopic (exact) mass is 487 g/mol. The number of H-pyrrole nitrogens is 1. The predicted octanol–water partition coefficient (Wildman–Crippen LogP) is 5.68. The highest BCUT2D eigenvalue weighted by molar-refractivity contribution is 5.92. The van der Waals surface area contributed by atoms with Gasteiger partial charge in [-0.1, -0.05) is 62.4 Å². The van der Waals surface area contributed by atoms with E-state index in [0.717, 1.165) is 73.4 Å². The number of carbonyl (C=O) groups is 2. The number of rotatable bonds is 8. The molecule has 36 heavy (non-hydrogen) atoms. The molecule has 0 spiro atoms. The van der Waals surface area contributed by atoms with Gasteiger partial charge in [-0.3, -0.25) is 9.59 Å². The van der Waals surface area contributed by atoms with Gasteiger partial charge in [0, 0.05) is 29.2 Å². The highest BCUT2D eigenvalue weighted by Gasteiger charge is 2.38. The summed E-state index contributed by atoms with van der Waals surface area (Å²) in [6.07, 6.45) is 11.7. The predicted molar refractivity (Wildman–Crippen MR) is 142 cm³/mol. The van der Waals surface area contributed by atoms with Crippen LogP contribution in [-0.4, -0.2) is 40.9 Å². The number of benzene rings is 2. The smallest absolute Gasteiger partial charge is 0.247 e. The Bertz CT molecular complexity index is 1190. The van der Waals surface area contributed by atoms with Gasteiger partial charge in [0.2, 0.25) is 11.8 Å². The number of aromatic nitrogens is 1. The van der Waals surface area contributed by atoms with Crippen molar-refractivity contribution in [3.63, 3.8) is 0 Å². The first-order valence-electron chi connectivity index (χ1n) is 13.4. The van der Waals surface area contributed by atoms with Gasteiger partial charge in [0.15, 0.2) is 0 Å². The highest BCUT2D eigenvalue weighted by Crippen LogP contribution is 2.34. The normalized spacial score (nSPS) is 17.7. The molecule has 190 valence electrons. The highest BCUT2D eigenvalue weighted by atomic mass is 16.5. The number of fused-ring (bicyclic) bond motifs is 1. The van der Waals surface area contributed by atoms with Crippen molar-refractivity contribution in [3.8, 4) is 5.75 Å². The van der Waals surface area contributed by atoms with Crippen LogP contribution in [-0.2, 0) is 16.0 Å². The van der Waals surface area contributed by atoms with Gasteiger partial charge >= 0.3 is 0 Å². The minimum absolute atomic E-state index is 0.00160. The molecule has 3 aromatic rings. The lowest BCUT2D eigenvalue weighted by Crippen LogP contribution is -2.50. The summed E-state index contributed by atoms with van der Waals surface area (Å²) >= 11 is 0. The maximum atomic E-state index is 14.1. The van der Waals surface area contributed by atoms with E-state index in [1.54, 1.807) is 7.11 Å². The Morgan fingerprint density at radius 1 is 1.00 bits per heavy atom. The standard InChI is InChI=1S/C30H37N3O3/c1-36-25-15-9-10-21(18-25)29(30(35)32-23-11-3-2-4-12-23)33(24-13-5-6-14-24)28(34)19-22-20-31-27-17-8-7-16-26(22)27/h7-10,15-18,20,23-24,29,31H,2-6,11-14,19H2,1H3,(H,32,35)/t29-/m1/s1. The van der Waals surface area contributed by atoms with E-state index < -0.39 is 6.04 Å². The molecular weight excluding hydrogens is 450 g/mol. The van der Waals surface area contributed by atoms with E-state index in [9.17, 15) is 9.59 Å². The summed E-state index contributed by atoms with van der Waals surface area (Å²) < 4.78 is 5.49. The molecule has 1 aromatic heterocycles. The fourth-order valence-electron chi connectivity index (χ4n) is 6.05. The molecule has 2 N–H and O–H groups in total. The summed E-state index contributed by atoms with van der Waals surface area (Å²) in [7, 11) is 1.63. The lowest BCUT2D eigenvalue weighted by molar-refractivity contribution is -0.143. The minimum atomic E-state index is -0.678. The van der Waals surface area contributed by atoms with Crippen molar-refractivity contribution in [1.29, 1.82) is 0 Å². The molecule has 0 aliphatic heterocycles. The number of para-hydroxylation sites is 1. The van der Waals surface area contributed by atoms with Gasteiger partial charge in [0.05, 0.1) is 13.5 Å². The summed E-state index contributed by atoms with van der Waals surface area (Å²) in [4.78, 5) is 33.3. The lowest BCUT2D eigenvalue weighted by Gasteiger charge is -2.37. The molecule has 2 aromatic carbocycles. The second-order valence-electron chi connectivity index (χ2n) is 10.3. The van der Waals surface area contributed by atoms with Gasteiger partial charge in [-0.05, 0) is 55.0 Å². The zero-order valence-electron chi connectivity index (χ0n) is 21.2. The molecule has 6 heteroatoms. The fourth-order valence-corrected chi connectivity index (χ4v) is 6.05. The molecule has 0 bridgehead atoms. The van der Waals surface area contributed by atoms with Crippen LogP contribution in [0.1, 0.15) is 75.0 Å². The lowest BCUT2D eigenvalue weighted by atomic mass is 9.94. The molecule has 2 aliphatic carbocycles. The Morgan fingerprint density at radius 2 is 1.75 bits per heavy atom. The number of nitrogens with one attached hydrogen (secondary N) is 2. The van der Waals surface area contributed by atoms with E-state index in [0.29, 0.717) is 5.75 Å². The molecule has 0 radical (unpaired) electrons. The first-order valence-corrected chi connectivity index (χ1v) is 13.4. The third-order valence-corrected chi connectivity index (χ3v) is 7.91.